The van der Waals surface area contributed by atoms with Gasteiger partial charge in [-0.2, -0.15) is 5.26 Å². The lowest BCUT2D eigenvalue weighted by Gasteiger charge is -2.26. The van der Waals surface area contributed by atoms with E-state index in [1.807, 2.05) is 0 Å². The summed E-state index contributed by atoms with van der Waals surface area (Å²) >= 11 is 0. The number of benzene rings is 1. The van der Waals surface area contributed by atoms with Crippen molar-refractivity contribution >= 4 is 11.9 Å². The van der Waals surface area contributed by atoms with Gasteiger partial charge in [0.2, 0.25) is 0 Å². The zero-order valence-electron chi connectivity index (χ0n) is 13.3. The largest absolute Gasteiger partial charge is 0.459 e. The minimum absolute atomic E-state index is 0.0816. The molecule has 0 spiro atoms. The molecule has 0 bridgehead atoms. The molecule has 0 heterocycles. The summed E-state index contributed by atoms with van der Waals surface area (Å²) in [6, 6.07) is 5.40. The molecule has 1 aromatic rings. The molecule has 0 N–H and O–H groups in total. The number of esters is 2. The van der Waals surface area contributed by atoms with Gasteiger partial charge in [-0.05, 0) is 44.7 Å². The highest BCUT2D eigenvalue weighted by Crippen LogP contribution is 2.28. The van der Waals surface area contributed by atoms with Crippen molar-refractivity contribution in [2.24, 2.45) is 5.92 Å². The molecule has 1 aliphatic rings. The lowest BCUT2D eigenvalue weighted by molar-refractivity contribution is -0.147. The third kappa shape index (κ3) is 4.66. The monoisotopic (exact) mass is 331 g/mol. The van der Waals surface area contributed by atoms with Crippen molar-refractivity contribution in [3.63, 3.8) is 0 Å². The average molecular weight is 331 g/mol. The van der Waals surface area contributed by atoms with Gasteiger partial charge in [-0.25, -0.2) is 9.18 Å². The Morgan fingerprint density at radius 1 is 1.29 bits per heavy atom. The fourth-order valence-corrected chi connectivity index (χ4v) is 2.61. The van der Waals surface area contributed by atoms with Crippen molar-refractivity contribution in [3.05, 3.63) is 41.7 Å². The molecule has 24 heavy (non-hydrogen) atoms. The molecule has 0 unspecified atom stereocenters. The van der Waals surface area contributed by atoms with Crippen LogP contribution in [0.1, 0.15) is 38.2 Å². The van der Waals surface area contributed by atoms with Gasteiger partial charge in [0.25, 0.3) is 0 Å². The fraction of sp³-hybridized carbons (Fsp3) is 0.389. The quantitative estimate of drug-likeness (QED) is 0.481. The molecule has 1 saturated carbocycles. The Morgan fingerprint density at radius 2 is 2.00 bits per heavy atom. The topological polar surface area (TPSA) is 76.4 Å². The Hall–Kier alpha value is -2.68. The standard InChI is InChI=1S/C18H18FNO4/c1-2-3-17(21)23-14-7-4-12(5-8-14)18(22)24-15-9-6-13(11-20)16(19)10-15/h2-3,6,9-10,12,14H,4-5,7-8H2,1H3/t12-,14-. The second-order valence-corrected chi connectivity index (χ2v) is 5.59. The van der Waals surface area contributed by atoms with Crippen LogP contribution in [-0.2, 0) is 14.3 Å². The van der Waals surface area contributed by atoms with Crippen LogP contribution < -0.4 is 4.74 Å². The Bertz CT molecular complexity index is 685. The molecular formula is C18H18FNO4. The first-order chi connectivity index (χ1) is 11.5. The van der Waals surface area contributed by atoms with Gasteiger partial charge in [0.15, 0.2) is 0 Å². The summed E-state index contributed by atoms with van der Waals surface area (Å²) in [7, 11) is 0. The zero-order chi connectivity index (χ0) is 17.5. The molecule has 0 aliphatic heterocycles. The zero-order valence-corrected chi connectivity index (χ0v) is 13.3. The predicted octanol–water partition coefficient (Wildman–Crippen LogP) is 3.28. The van der Waals surface area contributed by atoms with Crippen LogP contribution >= 0.6 is 0 Å². The second-order valence-electron chi connectivity index (χ2n) is 5.59. The van der Waals surface area contributed by atoms with Gasteiger partial charge in [-0.15, -0.1) is 0 Å². The molecule has 0 atom stereocenters. The van der Waals surface area contributed by atoms with Gasteiger partial charge >= 0.3 is 11.9 Å². The van der Waals surface area contributed by atoms with Crippen LogP contribution in [-0.4, -0.2) is 18.0 Å². The third-order valence-electron chi connectivity index (χ3n) is 3.87. The minimum atomic E-state index is -0.720. The van der Waals surface area contributed by atoms with Gasteiger partial charge < -0.3 is 9.47 Å². The van der Waals surface area contributed by atoms with E-state index in [9.17, 15) is 14.0 Å². The Morgan fingerprint density at radius 3 is 2.58 bits per heavy atom. The number of hydrogen-bond acceptors (Lipinski definition) is 5. The number of allylic oxidation sites excluding steroid dienone is 1. The SMILES string of the molecule is CC=CC(=O)O[C@H]1CC[C@H](C(=O)Oc2ccc(C#N)c(F)c2)CC1. The lowest BCUT2D eigenvalue weighted by Crippen LogP contribution is -2.29. The van der Waals surface area contributed by atoms with Crippen LogP contribution in [0.25, 0.3) is 0 Å². The fourth-order valence-electron chi connectivity index (χ4n) is 2.61. The van der Waals surface area contributed by atoms with Crippen LogP contribution in [0.5, 0.6) is 5.75 Å². The maximum atomic E-state index is 13.5. The lowest BCUT2D eigenvalue weighted by atomic mass is 9.87. The molecular weight excluding hydrogens is 313 g/mol. The van der Waals surface area contributed by atoms with Crippen molar-refractivity contribution < 1.29 is 23.5 Å². The summed E-state index contributed by atoms with van der Waals surface area (Å²) in [6.07, 6.45) is 5.05. The van der Waals surface area contributed by atoms with E-state index in [0.29, 0.717) is 25.7 Å². The smallest absolute Gasteiger partial charge is 0.330 e. The Balaban J connectivity index is 1.86. The van der Waals surface area contributed by atoms with Crippen LogP contribution in [0.2, 0.25) is 0 Å². The van der Waals surface area contributed by atoms with Crippen molar-refractivity contribution in [2.75, 3.05) is 0 Å². The van der Waals surface area contributed by atoms with Gasteiger partial charge in [0.1, 0.15) is 23.7 Å². The van der Waals surface area contributed by atoms with Crippen molar-refractivity contribution in [3.8, 4) is 11.8 Å². The number of carbonyl (C=O) groups is 2. The number of hydrogen-bond donors (Lipinski definition) is 0. The molecule has 1 fully saturated rings. The van der Waals surface area contributed by atoms with E-state index in [1.165, 1.54) is 18.2 Å². The summed E-state index contributed by atoms with van der Waals surface area (Å²) in [5, 5.41) is 8.68. The normalized spacial score (nSPS) is 20.4. The Kier molecular flexibility index (Phi) is 6.07. The molecule has 126 valence electrons. The number of nitriles is 1. The van der Waals surface area contributed by atoms with E-state index in [4.69, 9.17) is 14.7 Å². The van der Waals surface area contributed by atoms with E-state index in [2.05, 4.69) is 0 Å². The van der Waals surface area contributed by atoms with Crippen molar-refractivity contribution in [1.82, 2.24) is 0 Å². The third-order valence-corrected chi connectivity index (χ3v) is 3.87. The van der Waals surface area contributed by atoms with Crippen LogP contribution in [0, 0.1) is 23.1 Å². The maximum Gasteiger partial charge on any atom is 0.330 e. The first-order valence-electron chi connectivity index (χ1n) is 7.78. The molecule has 0 radical (unpaired) electrons. The average Bonchev–Trinajstić information content (AvgIpc) is 2.56. The molecule has 6 heteroatoms. The highest BCUT2D eigenvalue weighted by atomic mass is 19.1. The highest BCUT2D eigenvalue weighted by Gasteiger charge is 2.29. The molecule has 2 rings (SSSR count). The van der Waals surface area contributed by atoms with E-state index in [-0.39, 0.29) is 29.3 Å². The minimum Gasteiger partial charge on any atom is -0.459 e. The van der Waals surface area contributed by atoms with Crippen LogP contribution in [0.3, 0.4) is 0 Å². The first-order valence-corrected chi connectivity index (χ1v) is 7.78. The molecule has 1 aliphatic carbocycles. The second kappa shape index (κ2) is 8.25. The number of nitrogens with zero attached hydrogens (tertiary/aromatic N) is 1. The number of halogens is 1. The predicted molar refractivity (Wildman–Crippen MR) is 83.4 cm³/mol. The molecule has 0 amide bonds. The van der Waals surface area contributed by atoms with E-state index < -0.39 is 11.8 Å². The van der Waals surface area contributed by atoms with Crippen molar-refractivity contribution in [1.29, 1.82) is 5.26 Å². The first kappa shape index (κ1) is 17.7. The number of carbonyl (C=O) groups excluding carboxylic acids is 2. The van der Waals surface area contributed by atoms with Crippen LogP contribution in [0.4, 0.5) is 4.39 Å². The molecule has 0 saturated heterocycles. The number of rotatable bonds is 4. The summed E-state index contributed by atoms with van der Waals surface area (Å²) in [5.41, 5.74) is -0.0988. The van der Waals surface area contributed by atoms with Gasteiger partial charge in [0, 0.05) is 12.1 Å². The van der Waals surface area contributed by atoms with Gasteiger partial charge in [-0.3, -0.25) is 4.79 Å². The van der Waals surface area contributed by atoms with E-state index in [1.54, 1.807) is 19.1 Å². The molecule has 5 nitrogen and oxygen atoms in total. The summed E-state index contributed by atoms with van der Waals surface area (Å²) < 4.78 is 24.0. The Labute approximate surface area is 139 Å². The molecule has 1 aromatic carbocycles. The number of ether oxygens (including phenoxy) is 2. The maximum absolute atomic E-state index is 13.5. The summed E-state index contributed by atoms with van der Waals surface area (Å²) in [4.78, 5) is 23.5. The van der Waals surface area contributed by atoms with E-state index >= 15 is 0 Å². The molecule has 0 aromatic heterocycles. The summed E-state index contributed by atoms with van der Waals surface area (Å²) in [5.74, 6) is -1.75. The highest BCUT2D eigenvalue weighted by molar-refractivity contribution is 5.82. The van der Waals surface area contributed by atoms with Gasteiger partial charge in [-0.1, -0.05) is 6.08 Å². The van der Waals surface area contributed by atoms with Gasteiger partial charge in [0.05, 0.1) is 11.5 Å². The van der Waals surface area contributed by atoms with Crippen LogP contribution in [0.15, 0.2) is 30.4 Å². The van der Waals surface area contributed by atoms with Crippen molar-refractivity contribution in [2.45, 2.75) is 38.7 Å². The van der Waals surface area contributed by atoms with E-state index in [0.717, 1.165) is 6.07 Å². The summed E-state index contributed by atoms with van der Waals surface area (Å²) in [6.45, 7) is 1.74.